The van der Waals surface area contributed by atoms with Crippen LogP contribution in [0.2, 0.25) is 0 Å². The molecule has 2 heterocycles. The van der Waals surface area contributed by atoms with E-state index in [1.165, 1.54) is 23.5 Å². The van der Waals surface area contributed by atoms with Crippen molar-refractivity contribution in [2.45, 2.75) is 13.3 Å². The molecule has 0 unspecified atom stereocenters. The summed E-state index contributed by atoms with van der Waals surface area (Å²) in [6.07, 6.45) is 1.32. The van der Waals surface area contributed by atoms with Gasteiger partial charge in [-0.2, -0.15) is 4.68 Å². The van der Waals surface area contributed by atoms with Gasteiger partial charge >= 0.3 is 0 Å². The lowest BCUT2D eigenvalue weighted by molar-refractivity contribution is 0.111. The quantitative estimate of drug-likeness (QED) is 0.695. The molecule has 106 valence electrons. The Bertz CT molecular complexity index is 779. The fourth-order valence-corrected chi connectivity index (χ4v) is 2.81. The van der Waals surface area contributed by atoms with Crippen LogP contribution in [0.5, 0.6) is 0 Å². The van der Waals surface area contributed by atoms with Crippen LogP contribution in [-0.2, 0) is 6.42 Å². The van der Waals surface area contributed by atoms with Gasteiger partial charge in [-0.25, -0.2) is 9.37 Å². The third-order valence-corrected chi connectivity index (χ3v) is 3.87. The first-order valence-corrected chi connectivity index (χ1v) is 7.22. The molecule has 0 N–H and O–H groups in total. The predicted molar refractivity (Wildman–Crippen MR) is 77.2 cm³/mol. The lowest BCUT2D eigenvalue weighted by Crippen LogP contribution is -2.02. The lowest BCUT2D eigenvalue weighted by Gasteiger charge is -2.00. The second-order valence-corrected chi connectivity index (χ2v) is 5.16. The van der Waals surface area contributed by atoms with Gasteiger partial charge in [-0.3, -0.25) is 4.79 Å². The van der Waals surface area contributed by atoms with Crippen molar-refractivity contribution in [2.24, 2.45) is 0 Å². The van der Waals surface area contributed by atoms with Crippen molar-refractivity contribution in [3.63, 3.8) is 0 Å². The van der Waals surface area contributed by atoms with Crippen LogP contribution in [0.15, 0.2) is 29.6 Å². The van der Waals surface area contributed by atoms with Crippen LogP contribution in [0, 0.1) is 5.82 Å². The maximum atomic E-state index is 12.9. The Morgan fingerprint density at radius 3 is 2.76 bits per heavy atom. The number of benzene rings is 1. The van der Waals surface area contributed by atoms with Crippen molar-refractivity contribution in [2.75, 3.05) is 0 Å². The van der Waals surface area contributed by atoms with Crippen LogP contribution in [0.4, 0.5) is 4.39 Å². The Balaban J connectivity index is 2.00. The Morgan fingerprint density at radius 1 is 1.33 bits per heavy atom. The molecule has 0 aliphatic carbocycles. The molecule has 0 spiro atoms. The minimum absolute atomic E-state index is 0.283. The first-order valence-electron chi connectivity index (χ1n) is 6.34. The number of halogens is 1. The minimum Gasteiger partial charge on any atom is -0.296 e. The molecule has 0 aliphatic rings. The van der Waals surface area contributed by atoms with Gasteiger partial charge in [0.25, 0.3) is 0 Å². The molecule has 5 nitrogen and oxygen atoms in total. The number of aldehydes is 1. The number of nitrogens with zero attached hydrogens (tertiary/aromatic N) is 4. The number of carbonyl (C=O) groups is 1. The van der Waals surface area contributed by atoms with Crippen LogP contribution < -0.4 is 0 Å². The summed E-state index contributed by atoms with van der Waals surface area (Å²) in [6, 6.07) is 6.14. The Hall–Kier alpha value is -2.41. The third kappa shape index (κ3) is 2.47. The standard InChI is InChI=1S/C14H11FN4OS/c1-2-13-11(7-20)17-18-19(13)14-16-12(8-21-14)9-3-5-10(15)6-4-9/h3-8H,2H2,1H3. The molecule has 1 aromatic carbocycles. The summed E-state index contributed by atoms with van der Waals surface area (Å²) in [4.78, 5) is 15.4. The van der Waals surface area contributed by atoms with E-state index in [4.69, 9.17) is 0 Å². The second kappa shape index (κ2) is 5.53. The third-order valence-electron chi connectivity index (χ3n) is 3.05. The fourth-order valence-electron chi connectivity index (χ4n) is 2.00. The van der Waals surface area contributed by atoms with Gasteiger partial charge in [-0.1, -0.05) is 12.1 Å². The molecule has 0 atom stereocenters. The first-order chi connectivity index (χ1) is 10.2. The van der Waals surface area contributed by atoms with Gasteiger partial charge < -0.3 is 0 Å². The summed E-state index contributed by atoms with van der Waals surface area (Å²) < 4.78 is 14.5. The maximum absolute atomic E-state index is 12.9. The second-order valence-electron chi connectivity index (χ2n) is 4.33. The largest absolute Gasteiger partial charge is 0.296 e. The van der Waals surface area contributed by atoms with Gasteiger partial charge in [-0.05, 0) is 30.7 Å². The zero-order valence-electron chi connectivity index (χ0n) is 11.2. The molecule has 0 saturated carbocycles. The average Bonchev–Trinajstić information content (AvgIpc) is 3.13. The molecule has 0 radical (unpaired) electrons. The molecule has 0 bridgehead atoms. The predicted octanol–water partition coefficient (Wildman–Crippen LogP) is 2.90. The monoisotopic (exact) mass is 302 g/mol. The molecule has 21 heavy (non-hydrogen) atoms. The molecule has 0 fully saturated rings. The summed E-state index contributed by atoms with van der Waals surface area (Å²) in [6.45, 7) is 1.93. The smallest absolute Gasteiger partial charge is 0.212 e. The highest BCUT2D eigenvalue weighted by Crippen LogP contribution is 2.25. The topological polar surface area (TPSA) is 60.7 Å². The van der Waals surface area contributed by atoms with Crippen molar-refractivity contribution in [1.82, 2.24) is 20.0 Å². The maximum Gasteiger partial charge on any atom is 0.212 e. The summed E-state index contributed by atoms with van der Waals surface area (Å²) in [5, 5.41) is 10.3. The summed E-state index contributed by atoms with van der Waals surface area (Å²) in [5.41, 5.74) is 2.62. The van der Waals surface area contributed by atoms with E-state index in [9.17, 15) is 9.18 Å². The Kier molecular flexibility index (Phi) is 3.57. The molecule has 0 amide bonds. The van der Waals surface area contributed by atoms with Crippen LogP contribution in [0.25, 0.3) is 16.4 Å². The molecule has 3 aromatic rings. The highest BCUT2D eigenvalue weighted by molar-refractivity contribution is 7.12. The van der Waals surface area contributed by atoms with Crippen LogP contribution in [-0.4, -0.2) is 26.3 Å². The van der Waals surface area contributed by atoms with E-state index in [1.807, 2.05) is 12.3 Å². The molecule has 0 saturated heterocycles. The van der Waals surface area contributed by atoms with E-state index in [1.54, 1.807) is 16.8 Å². The Morgan fingerprint density at radius 2 is 2.10 bits per heavy atom. The zero-order valence-corrected chi connectivity index (χ0v) is 12.0. The van der Waals surface area contributed by atoms with Gasteiger partial charge in [0.15, 0.2) is 6.29 Å². The highest BCUT2D eigenvalue weighted by atomic mass is 32.1. The molecule has 2 aromatic heterocycles. The lowest BCUT2D eigenvalue weighted by atomic mass is 10.2. The van der Waals surface area contributed by atoms with E-state index >= 15 is 0 Å². The first kappa shape index (κ1) is 13.6. The van der Waals surface area contributed by atoms with Crippen LogP contribution in [0.1, 0.15) is 23.1 Å². The number of rotatable bonds is 4. The van der Waals surface area contributed by atoms with Crippen molar-refractivity contribution >= 4 is 17.6 Å². The normalized spacial score (nSPS) is 10.8. The fraction of sp³-hybridized carbons (Fsp3) is 0.143. The molecule has 0 aliphatic heterocycles. The van der Waals surface area contributed by atoms with Gasteiger partial charge in [0, 0.05) is 10.9 Å². The summed E-state index contributed by atoms with van der Waals surface area (Å²) in [7, 11) is 0. The minimum atomic E-state index is -0.283. The van der Waals surface area contributed by atoms with Crippen molar-refractivity contribution in [3.8, 4) is 16.4 Å². The van der Waals surface area contributed by atoms with Crippen molar-refractivity contribution in [1.29, 1.82) is 0 Å². The number of aromatic nitrogens is 4. The molecular formula is C14H11FN4OS. The summed E-state index contributed by atoms with van der Waals surface area (Å²) >= 11 is 1.39. The van der Waals surface area contributed by atoms with Crippen molar-refractivity contribution in [3.05, 3.63) is 46.9 Å². The molecular weight excluding hydrogens is 291 g/mol. The number of hydrogen-bond acceptors (Lipinski definition) is 5. The van der Waals surface area contributed by atoms with E-state index in [-0.39, 0.29) is 5.82 Å². The molecule has 3 rings (SSSR count). The number of hydrogen-bond donors (Lipinski definition) is 0. The number of thiazole rings is 1. The van der Waals surface area contributed by atoms with Crippen LogP contribution in [0.3, 0.4) is 0 Å². The van der Waals surface area contributed by atoms with Crippen molar-refractivity contribution < 1.29 is 9.18 Å². The van der Waals surface area contributed by atoms with E-state index in [2.05, 4.69) is 15.3 Å². The Labute approximate surface area is 124 Å². The van der Waals surface area contributed by atoms with E-state index in [0.29, 0.717) is 23.5 Å². The van der Waals surface area contributed by atoms with Gasteiger partial charge in [0.05, 0.1) is 11.4 Å². The van der Waals surface area contributed by atoms with Crippen LogP contribution >= 0.6 is 11.3 Å². The number of carbonyl (C=O) groups excluding carboxylic acids is 1. The van der Waals surface area contributed by atoms with Gasteiger partial charge in [-0.15, -0.1) is 16.4 Å². The average molecular weight is 302 g/mol. The van der Waals surface area contributed by atoms with Gasteiger partial charge in [0.2, 0.25) is 5.13 Å². The van der Waals surface area contributed by atoms with E-state index < -0.39 is 0 Å². The molecule has 7 heteroatoms. The van der Waals surface area contributed by atoms with Gasteiger partial charge in [0.1, 0.15) is 11.5 Å². The van der Waals surface area contributed by atoms with E-state index in [0.717, 1.165) is 17.0 Å². The summed E-state index contributed by atoms with van der Waals surface area (Å²) in [5.74, 6) is -0.283. The SMILES string of the molecule is CCc1c(C=O)nnn1-c1nc(-c2ccc(F)cc2)cs1. The highest BCUT2D eigenvalue weighted by Gasteiger charge is 2.15. The zero-order chi connectivity index (χ0) is 14.8.